The van der Waals surface area contributed by atoms with Gasteiger partial charge in [0.05, 0.1) is 22.6 Å². The molecule has 0 aliphatic carbocycles. The fraction of sp³-hybridized carbons (Fsp3) is 0.167. The van der Waals surface area contributed by atoms with Crippen LogP contribution in [-0.4, -0.2) is 25.9 Å². The Labute approximate surface area is 186 Å². The number of nitrogens with one attached hydrogen (secondary N) is 1. The van der Waals surface area contributed by atoms with Gasteiger partial charge < -0.3 is 14.5 Å². The lowest BCUT2D eigenvalue weighted by Crippen LogP contribution is -2.22. The standard InChI is InChI=1S/C24H22N2O5S/c1-3-30-19-6-9-23(16(2)12-19)32(28,29)20-7-4-17(5-8-20)14-26-24(27)21-13-18-10-11-25-15-22(18)31-21/h4-13,15H,3,14H2,1-2H3,(H,26,27). The van der Waals surface area contributed by atoms with Crippen LogP contribution in [0.5, 0.6) is 5.75 Å². The number of pyridine rings is 1. The Bertz CT molecular complexity index is 1340. The molecular formula is C24H22N2O5S. The van der Waals surface area contributed by atoms with Crippen molar-refractivity contribution in [2.45, 2.75) is 30.2 Å². The van der Waals surface area contributed by atoms with Crippen molar-refractivity contribution < 1.29 is 22.4 Å². The minimum atomic E-state index is -3.67. The predicted octanol–water partition coefficient (Wildman–Crippen LogP) is 4.30. The Morgan fingerprint density at radius 1 is 1.09 bits per heavy atom. The molecule has 0 aliphatic heterocycles. The summed E-state index contributed by atoms with van der Waals surface area (Å²) in [7, 11) is -3.67. The van der Waals surface area contributed by atoms with Gasteiger partial charge in [0.15, 0.2) is 11.3 Å². The van der Waals surface area contributed by atoms with E-state index in [0.717, 1.165) is 10.9 Å². The fourth-order valence-corrected chi connectivity index (χ4v) is 4.84. The number of rotatable bonds is 7. The molecule has 7 nitrogen and oxygen atoms in total. The van der Waals surface area contributed by atoms with Gasteiger partial charge in [0, 0.05) is 18.1 Å². The quantitative estimate of drug-likeness (QED) is 0.451. The fourth-order valence-electron chi connectivity index (χ4n) is 3.36. The van der Waals surface area contributed by atoms with Gasteiger partial charge in [-0.1, -0.05) is 12.1 Å². The van der Waals surface area contributed by atoms with Crippen molar-refractivity contribution in [3.8, 4) is 5.75 Å². The van der Waals surface area contributed by atoms with Crippen molar-refractivity contribution in [1.29, 1.82) is 0 Å². The Morgan fingerprint density at radius 2 is 1.88 bits per heavy atom. The molecule has 1 amide bonds. The number of hydrogen-bond donors (Lipinski definition) is 1. The van der Waals surface area contributed by atoms with Crippen LogP contribution < -0.4 is 10.1 Å². The average molecular weight is 451 g/mol. The minimum absolute atomic E-state index is 0.185. The molecule has 2 heterocycles. The molecular weight excluding hydrogens is 428 g/mol. The molecule has 0 saturated heterocycles. The van der Waals surface area contributed by atoms with Crippen LogP contribution in [0.2, 0.25) is 0 Å². The molecule has 0 bridgehead atoms. The van der Waals surface area contributed by atoms with Crippen LogP contribution >= 0.6 is 0 Å². The van der Waals surface area contributed by atoms with Crippen LogP contribution in [0.4, 0.5) is 0 Å². The molecule has 0 saturated carbocycles. The van der Waals surface area contributed by atoms with Crippen LogP contribution in [0.1, 0.15) is 28.6 Å². The number of furan rings is 1. The number of aromatic nitrogens is 1. The Hall–Kier alpha value is -3.65. The third-order valence-corrected chi connectivity index (χ3v) is 6.91. The normalized spacial score (nSPS) is 11.4. The minimum Gasteiger partial charge on any atom is -0.494 e. The van der Waals surface area contributed by atoms with Gasteiger partial charge in [0.1, 0.15) is 5.75 Å². The van der Waals surface area contributed by atoms with Gasteiger partial charge >= 0.3 is 0 Å². The molecule has 0 spiro atoms. The summed E-state index contributed by atoms with van der Waals surface area (Å²) in [4.78, 5) is 16.8. The van der Waals surface area contributed by atoms with Gasteiger partial charge in [0.25, 0.3) is 5.91 Å². The van der Waals surface area contributed by atoms with Crippen LogP contribution in [0.3, 0.4) is 0 Å². The number of sulfone groups is 1. The van der Waals surface area contributed by atoms with Crippen molar-refractivity contribution in [3.05, 3.63) is 83.9 Å². The maximum Gasteiger partial charge on any atom is 0.287 e. The zero-order valence-corrected chi connectivity index (χ0v) is 18.5. The Balaban J connectivity index is 1.46. The molecule has 0 radical (unpaired) electrons. The Kier molecular flexibility index (Phi) is 5.96. The summed E-state index contributed by atoms with van der Waals surface area (Å²) in [5.41, 5.74) is 1.92. The van der Waals surface area contributed by atoms with Crippen LogP contribution in [0.15, 0.2) is 81.2 Å². The highest BCUT2D eigenvalue weighted by atomic mass is 32.2. The van der Waals surface area contributed by atoms with Gasteiger partial charge in [-0.05, 0) is 67.4 Å². The number of aryl methyl sites for hydroxylation is 1. The molecule has 8 heteroatoms. The van der Waals surface area contributed by atoms with Gasteiger partial charge in [-0.25, -0.2) is 8.42 Å². The average Bonchev–Trinajstić information content (AvgIpc) is 3.22. The first-order valence-electron chi connectivity index (χ1n) is 10.1. The van der Waals surface area contributed by atoms with Crippen molar-refractivity contribution in [2.24, 2.45) is 0 Å². The maximum atomic E-state index is 13.0. The monoisotopic (exact) mass is 450 g/mol. The summed E-state index contributed by atoms with van der Waals surface area (Å²) in [5.74, 6) is 0.469. The van der Waals surface area contributed by atoms with E-state index in [1.165, 1.54) is 0 Å². The number of ether oxygens (including phenoxy) is 1. The number of nitrogens with zero attached hydrogens (tertiary/aromatic N) is 1. The Morgan fingerprint density at radius 3 is 2.56 bits per heavy atom. The number of fused-ring (bicyclic) bond motifs is 1. The van der Waals surface area contributed by atoms with E-state index in [1.54, 1.807) is 73.9 Å². The highest BCUT2D eigenvalue weighted by Gasteiger charge is 2.20. The lowest BCUT2D eigenvalue weighted by molar-refractivity contribution is 0.0925. The summed E-state index contributed by atoms with van der Waals surface area (Å²) < 4.78 is 37.0. The first-order valence-corrected chi connectivity index (χ1v) is 11.6. The molecule has 32 heavy (non-hydrogen) atoms. The lowest BCUT2D eigenvalue weighted by atomic mass is 10.2. The van der Waals surface area contributed by atoms with Crippen LogP contribution in [0.25, 0.3) is 11.0 Å². The van der Waals surface area contributed by atoms with E-state index in [2.05, 4.69) is 10.3 Å². The van der Waals surface area contributed by atoms with E-state index in [-0.39, 0.29) is 28.0 Å². The van der Waals surface area contributed by atoms with Crippen molar-refractivity contribution in [1.82, 2.24) is 10.3 Å². The summed E-state index contributed by atoms with van der Waals surface area (Å²) in [6, 6.07) is 14.8. The van der Waals surface area contributed by atoms with E-state index in [0.29, 0.717) is 23.5 Å². The second kappa shape index (κ2) is 8.84. The number of carbonyl (C=O) groups excluding carboxylic acids is 1. The molecule has 0 unspecified atom stereocenters. The predicted molar refractivity (Wildman–Crippen MR) is 119 cm³/mol. The SMILES string of the molecule is CCOc1ccc(S(=O)(=O)c2ccc(CNC(=O)c3cc4ccncc4o3)cc2)c(C)c1. The van der Waals surface area contributed by atoms with Gasteiger partial charge in [-0.15, -0.1) is 0 Å². The third kappa shape index (κ3) is 4.36. The topological polar surface area (TPSA) is 98.5 Å². The summed E-state index contributed by atoms with van der Waals surface area (Å²) >= 11 is 0. The summed E-state index contributed by atoms with van der Waals surface area (Å²) in [5, 5.41) is 3.57. The first kappa shape index (κ1) is 21.6. The van der Waals surface area contributed by atoms with Crippen molar-refractivity contribution in [3.63, 3.8) is 0 Å². The molecule has 164 valence electrons. The summed E-state index contributed by atoms with van der Waals surface area (Å²) in [6.07, 6.45) is 3.18. The second-order valence-corrected chi connectivity index (χ2v) is 9.13. The maximum absolute atomic E-state index is 13.0. The molecule has 4 aromatic rings. The van der Waals surface area contributed by atoms with Gasteiger partial charge in [-0.2, -0.15) is 0 Å². The zero-order chi connectivity index (χ0) is 22.7. The van der Waals surface area contributed by atoms with E-state index >= 15 is 0 Å². The van der Waals surface area contributed by atoms with Gasteiger partial charge in [-0.3, -0.25) is 9.78 Å². The van der Waals surface area contributed by atoms with E-state index in [9.17, 15) is 13.2 Å². The molecule has 2 aromatic heterocycles. The molecule has 4 rings (SSSR count). The molecule has 0 fully saturated rings. The van der Waals surface area contributed by atoms with Crippen LogP contribution in [-0.2, 0) is 16.4 Å². The lowest BCUT2D eigenvalue weighted by Gasteiger charge is -2.11. The van der Waals surface area contributed by atoms with Crippen LogP contribution in [0, 0.1) is 6.92 Å². The van der Waals surface area contributed by atoms with Crippen molar-refractivity contribution >= 4 is 26.7 Å². The third-order valence-electron chi connectivity index (χ3n) is 4.98. The molecule has 1 N–H and O–H groups in total. The van der Waals surface area contributed by atoms with E-state index in [4.69, 9.17) is 9.15 Å². The second-order valence-electron chi connectivity index (χ2n) is 7.21. The number of carbonyl (C=O) groups is 1. The molecule has 0 atom stereocenters. The number of benzene rings is 2. The zero-order valence-electron chi connectivity index (χ0n) is 17.7. The molecule has 2 aromatic carbocycles. The largest absolute Gasteiger partial charge is 0.494 e. The highest BCUT2D eigenvalue weighted by molar-refractivity contribution is 7.91. The summed E-state index contributed by atoms with van der Waals surface area (Å²) in [6.45, 7) is 4.36. The number of hydrogen-bond acceptors (Lipinski definition) is 6. The first-order chi connectivity index (χ1) is 15.4. The van der Waals surface area contributed by atoms with E-state index in [1.807, 2.05) is 6.92 Å². The number of amides is 1. The molecule has 0 aliphatic rings. The van der Waals surface area contributed by atoms with Crippen molar-refractivity contribution in [2.75, 3.05) is 6.61 Å². The van der Waals surface area contributed by atoms with Gasteiger partial charge in [0.2, 0.25) is 9.84 Å². The highest BCUT2D eigenvalue weighted by Crippen LogP contribution is 2.27. The van der Waals surface area contributed by atoms with E-state index < -0.39 is 9.84 Å². The smallest absolute Gasteiger partial charge is 0.287 e.